The molecular formula is C16H24N2O3. The van der Waals surface area contributed by atoms with Gasteiger partial charge < -0.3 is 14.4 Å². The smallest absolute Gasteiger partial charge is 0.222 e. The fourth-order valence-electron chi connectivity index (χ4n) is 2.62. The molecule has 0 unspecified atom stereocenters. The van der Waals surface area contributed by atoms with Crippen molar-refractivity contribution in [2.75, 3.05) is 40.4 Å². The SMILES string of the molecule is CCC(=O)N1CCN(Cc2ccc(OC)c(OC)c2)CC1. The number of piperazine rings is 1. The minimum absolute atomic E-state index is 0.251. The molecule has 5 nitrogen and oxygen atoms in total. The van der Waals surface area contributed by atoms with Crippen molar-refractivity contribution in [2.45, 2.75) is 19.9 Å². The third-order valence-corrected chi connectivity index (χ3v) is 3.88. The van der Waals surface area contributed by atoms with E-state index in [9.17, 15) is 4.79 Å². The molecule has 5 heteroatoms. The van der Waals surface area contributed by atoms with Gasteiger partial charge in [-0.2, -0.15) is 0 Å². The highest BCUT2D eigenvalue weighted by atomic mass is 16.5. The van der Waals surface area contributed by atoms with E-state index >= 15 is 0 Å². The van der Waals surface area contributed by atoms with Crippen LogP contribution in [0.3, 0.4) is 0 Å². The van der Waals surface area contributed by atoms with E-state index in [-0.39, 0.29) is 5.91 Å². The highest BCUT2D eigenvalue weighted by Gasteiger charge is 2.20. The van der Waals surface area contributed by atoms with E-state index in [1.54, 1.807) is 14.2 Å². The summed E-state index contributed by atoms with van der Waals surface area (Å²) in [5.41, 5.74) is 1.20. The average molecular weight is 292 g/mol. The largest absolute Gasteiger partial charge is 0.493 e. The number of hydrogen-bond acceptors (Lipinski definition) is 4. The summed E-state index contributed by atoms with van der Waals surface area (Å²) < 4.78 is 10.6. The average Bonchev–Trinajstić information content (AvgIpc) is 2.54. The van der Waals surface area contributed by atoms with Gasteiger partial charge in [0.1, 0.15) is 0 Å². The number of rotatable bonds is 5. The second kappa shape index (κ2) is 7.31. The summed E-state index contributed by atoms with van der Waals surface area (Å²) in [7, 11) is 3.29. The van der Waals surface area contributed by atoms with Gasteiger partial charge in [-0.15, -0.1) is 0 Å². The summed E-state index contributed by atoms with van der Waals surface area (Å²) in [4.78, 5) is 16.0. The Kier molecular flexibility index (Phi) is 5.44. The lowest BCUT2D eigenvalue weighted by Crippen LogP contribution is -2.48. The highest BCUT2D eigenvalue weighted by Crippen LogP contribution is 2.28. The quantitative estimate of drug-likeness (QED) is 0.829. The summed E-state index contributed by atoms with van der Waals surface area (Å²) in [6.07, 6.45) is 0.593. The second-order valence-corrected chi connectivity index (χ2v) is 5.20. The van der Waals surface area contributed by atoms with Crippen molar-refractivity contribution in [2.24, 2.45) is 0 Å². The van der Waals surface area contributed by atoms with E-state index < -0.39 is 0 Å². The monoisotopic (exact) mass is 292 g/mol. The van der Waals surface area contributed by atoms with Crippen LogP contribution < -0.4 is 9.47 Å². The Bertz CT molecular complexity index is 482. The molecule has 0 N–H and O–H groups in total. The lowest BCUT2D eigenvalue weighted by molar-refractivity contribution is -0.132. The van der Waals surface area contributed by atoms with Gasteiger partial charge in [-0.1, -0.05) is 13.0 Å². The molecule has 2 rings (SSSR count). The number of methoxy groups -OCH3 is 2. The number of carbonyl (C=O) groups excluding carboxylic acids is 1. The van der Waals surface area contributed by atoms with Gasteiger partial charge in [0.05, 0.1) is 14.2 Å². The lowest BCUT2D eigenvalue weighted by atomic mass is 10.1. The molecule has 1 aromatic rings. The number of hydrogen-bond donors (Lipinski definition) is 0. The van der Waals surface area contributed by atoms with Crippen LogP contribution in [0, 0.1) is 0 Å². The third-order valence-electron chi connectivity index (χ3n) is 3.88. The van der Waals surface area contributed by atoms with Gasteiger partial charge in [-0.25, -0.2) is 0 Å². The molecule has 0 aliphatic carbocycles. The van der Waals surface area contributed by atoms with Crippen molar-refractivity contribution < 1.29 is 14.3 Å². The van der Waals surface area contributed by atoms with Crippen LogP contribution in [-0.4, -0.2) is 56.1 Å². The van der Waals surface area contributed by atoms with Crippen molar-refractivity contribution in [3.05, 3.63) is 23.8 Å². The molecule has 116 valence electrons. The van der Waals surface area contributed by atoms with Gasteiger partial charge in [0.15, 0.2) is 11.5 Å². The van der Waals surface area contributed by atoms with E-state index in [4.69, 9.17) is 9.47 Å². The molecule has 21 heavy (non-hydrogen) atoms. The fraction of sp³-hybridized carbons (Fsp3) is 0.562. The molecule has 1 saturated heterocycles. The predicted octanol–water partition coefficient (Wildman–Crippen LogP) is 1.76. The van der Waals surface area contributed by atoms with Crippen LogP contribution in [0.2, 0.25) is 0 Å². The highest BCUT2D eigenvalue weighted by molar-refractivity contribution is 5.75. The van der Waals surface area contributed by atoms with Crippen LogP contribution >= 0.6 is 0 Å². The van der Waals surface area contributed by atoms with Crippen LogP contribution in [0.1, 0.15) is 18.9 Å². The molecule has 1 amide bonds. The molecule has 0 spiro atoms. The van der Waals surface area contributed by atoms with E-state index in [1.165, 1.54) is 5.56 Å². The second-order valence-electron chi connectivity index (χ2n) is 5.20. The van der Waals surface area contributed by atoms with Gasteiger partial charge in [-0.3, -0.25) is 9.69 Å². The van der Waals surface area contributed by atoms with Crippen molar-refractivity contribution in [3.8, 4) is 11.5 Å². The number of ether oxygens (including phenoxy) is 2. The van der Waals surface area contributed by atoms with Crippen molar-refractivity contribution in [1.29, 1.82) is 0 Å². The molecule has 0 bridgehead atoms. The molecule has 1 aromatic carbocycles. The van der Waals surface area contributed by atoms with E-state index in [2.05, 4.69) is 11.0 Å². The topological polar surface area (TPSA) is 42.0 Å². The first-order valence-corrected chi connectivity index (χ1v) is 7.39. The predicted molar refractivity (Wildman–Crippen MR) is 81.7 cm³/mol. The number of nitrogens with zero attached hydrogens (tertiary/aromatic N) is 2. The molecule has 1 fully saturated rings. The number of carbonyl (C=O) groups is 1. The molecule has 1 aliphatic rings. The van der Waals surface area contributed by atoms with Crippen molar-refractivity contribution in [1.82, 2.24) is 9.80 Å². The molecule has 1 aliphatic heterocycles. The Hall–Kier alpha value is -1.75. The fourth-order valence-corrected chi connectivity index (χ4v) is 2.62. The van der Waals surface area contributed by atoms with E-state index in [0.29, 0.717) is 6.42 Å². The van der Waals surface area contributed by atoms with Gasteiger partial charge in [0, 0.05) is 39.1 Å². The summed E-state index contributed by atoms with van der Waals surface area (Å²) in [6.45, 7) is 6.26. The van der Waals surface area contributed by atoms with E-state index in [1.807, 2.05) is 24.0 Å². The zero-order valence-electron chi connectivity index (χ0n) is 13.1. The summed E-state index contributed by atoms with van der Waals surface area (Å²) in [5.74, 6) is 1.76. The Morgan fingerprint density at radius 1 is 1.10 bits per heavy atom. The van der Waals surface area contributed by atoms with Gasteiger partial charge in [-0.05, 0) is 17.7 Å². The summed E-state index contributed by atoms with van der Waals surface area (Å²) in [6, 6.07) is 6.01. The van der Waals surface area contributed by atoms with E-state index in [0.717, 1.165) is 44.2 Å². The summed E-state index contributed by atoms with van der Waals surface area (Å²) in [5, 5.41) is 0. The zero-order chi connectivity index (χ0) is 15.2. The van der Waals surface area contributed by atoms with Gasteiger partial charge >= 0.3 is 0 Å². The summed E-state index contributed by atoms with van der Waals surface area (Å²) >= 11 is 0. The molecule has 0 atom stereocenters. The maximum Gasteiger partial charge on any atom is 0.222 e. The van der Waals surface area contributed by atoms with Crippen molar-refractivity contribution >= 4 is 5.91 Å². The molecule has 0 radical (unpaired) electrons. The Labute approximate surface area is 126 Å². The van der Waals surface area contributed by atoms with Crippen LogP contribution in [0.25, 0.3) is 0 Å². The van der Waals surface area contributed by atoms with Crippen molar-refractivity contribution in [3.63, 3.8) is 0 Å². The van der Waals surface area contributed by atoms with Gasteiger partial charge in [0.2, 0.25) is 5.91 Å². The zero-order valence-corrected chi connectivity index (χ0v) is 13.1. The number of benzene rings is 1. The maximum atomic E-state index is 11.7. The first-order chi connectivity index (χ1) is 10.2. The maximum absolute atomic E-state index is 11.7. The lowest BCUT2D eigenvalue weighted by Gasteiger charge is -2.34. The normalized spacial score (nSPS) is 15.9. The first kappa shape index (κ1) is 15.6. The standard InChI is InChI=1S/C16H24N2O3/c1-4-16(19)18-9-7-17(8-10-18)12-13-5-6-14(20-2)15(11-13)21-3/h5-6,11H,4,7-10,12H2,1-3H3. The van der Waals surface area contributed by atoms with Crippen LogP contribution in [0.4, 0.5) is 0 Å². The molecule has 0 saturated carbocycles. The third kappa shape index (κ3) is 3.88. The number of amides is 1. The molecule has 0 aromatic heterocycles. The first-order valence-electron chi connectivity index (χ1n) is 7.39. The minimum Gasteiger partial charge on any atom is -0.493 e. The van der Waals surface area contributed by atoms with Crippen LogP contribution in [0.5, 0.6) is 11.5 Å². The molecular weight excluding hydrogens is 268 g/mol. The van der Waals surface area contributed by atoms with Crippen LogP contribution in [0.15, 0.2) is 18.2 Å². The van der Waals surface area contributed by atoms with Gasteiger partial charge in [0.25, 0.3) is 0 Å². The molecule has 1 heterocycles. The minimum atomic E-state index is 0.251. The Morgan fingerprint density at radius 3 is 2.33 bits per heavy atom. The Morgan fingerprint density at radius 2 is 1.76 bits per heavy atom. The van der Waals surface area contributed by atoms with Crippen LogP contribution in [-0.2, 0) is 11.3 Å². The Balaban J connectivity index is 1.93.